The summed E-state index contributed by atoms with van der Waals surface area (Å²) in [7, 11) is 0. The molecule has 2 fully saturated rings. The Hall–Kier alpha value is -4.92. The number of rotatable bonds is 24. The van der Waals surface area contributed by atoms with Gasteiger partial charge >= 0.3 is 11.9 Å². The fraction of sp³-hybridized carbons (Fsp3) is 0.630. The van der Waals surface area contributed by atoms with Gasteiger partial charge in [0, 0.05) is 55.5 Å². The molecule has 8 atom stereocenters. The van der Waals surface area contributed by atoms with E-state index in [0.29, 0.717) is 29.2 Å². The van der Waals surface area contributed by atoms with Gasteiger partial charge in [0.25, 0.3) is 0 Å². The summed E-state index contributed by atoms with van der Waals surface area (Å²) in [5, 5.41) is 27.9. The van der Waals surface area contributed by atoms with Crippen LogP contribution in [0.15, 0.2) is 59.7 Å². The van der Waals surface area contributed by atoms with Crippen molar-refractivity contribution in [2.75, 3.05) is 49.9 Å². The SMILES string of the molecule is CC(C)OC1N=CC=CC1[C@H](C(=O)O)N1CC[C@@H](CCCCCc2ccc3c(n2)NCC(CC(C)Oc2ncccc2[C@@H](C(=O)O)N2CC[C@@H](CCCCCc4ccc5c(n4)NCCC5)C2)C3)C1. The number of ether oxygens (including phenoxy) is 2. The molecule has 4 unspecified atom stereocenters. The lowest BCUT2D eigenvalue weighted by molar-refractivity contribution is -0.147. The van der Waals surface area contributed by atoms with Crippen molar-refractivity contribution in [1.82, 2.24) is 24.8 Å². The van der Waals surface area contributed by atoms with Crippen LogP contribution in [0.25, 0.3) is 0 Å². The molecule has 68 heavy (non-hydrogen) atoms. The number of unbranched alkanes of at least 4 members (excludes halogenated alkanes) is 4. The standard InChI is InChI=1S/C54H76N8O6/c1-36(2)67-51-45(18-11-27-56-51)47(53(63)64)61-29-24-38(34-61)13-7-5-9-17-44-23-21-42-32-40(33-58-50(42)60-44)31-37(3)68-52-46(19-12-28-57-52)48(54(65)66)62-30-25-39(35-62)14-6-4-8-16-43-22-20-41-15-10-26-55-49(41)59-43/h11-12,18-23,27-28,36-40,45,47-48,51H,4-10,13-17,24-26,29-35H2,1-3H3,(H,55,59)(H,58,60)(H,63,64)(H,65,66)/t37?,38-,39-,40?,45?,47-,48+,51?/m1/s1. The molecule has 0 bridgehead atoms. The Morgan fingerprint density at radius 3 is 2.21 bits per heavy atom. The van der Waals surface area contributed by atoms with E-state index in [0.717, 1.165) is 153 Å². The van der Waals surface area contributed by atoms with Gasteiger partial charge in [-0.15, -0.1) is 0 Å². The van der Waals surface area contributed by atoms with Crippen LogP contribution < -0.4 is 15.4 Å². The van der Waals surface area contributed by atoms with Crippen molar-refractivity contribution >= 4 is 29.8 Å². The van der Waals surface area contributed by atoms with Gasteiger partial charge < -0.3 is 30.3 Å². The fourth-order valence-corrected chi connectivity index (χ4v) is 11.4. The number of hydrogen-bond acceptors (Lipinski definition) is 12. The van der Waals surface area contributed by atoms with Crippen LogP contribution in [-0.4, -0.2) is 117 Å². The third-order valence-corrected chi connectivity index (χ3v) is 14.9. The van der Waals surface area contributed by atoms with Crippen LogP contribution in [0.4, 0.5) is 11.6 Å². The van der Waals surface area contributed by atoms with E-state index in [1.54, 1.807) is 12.4 Å². The molecule has 5 aliphatic rings. The molecule has 0 aliphatic carbocycles. The minimum Gasteiger partial charge on any atom is -0.480 e. The molecule has 8 heterocycles. The van der Waals surface area contributed by atoms with Gasteiger partial charge in [-0.25, -0.2) is 15.0 Å². The molecule has 3 aromatic heterocycles. The molecule has 14 nitrogen and oxygen atoms in total. The van der Waals surface area contributed by atoms with Crippen LogP contribution in [-0.2, 0) is 40.0 Å². The van der Waals surface area contributed by atoms with E-state index in [-0.39, 0.29) is 18.1 Å². The monoisotopic (exact) mass is 933 g/mol. The Morgan fingerprint density at radius 2 is 1.50 bits per heavy atom. The first-order valence-electron chi connectivity index (χ1n) is 25.9. The molecule has 4 N–H and O–H groups in total. The van der Waals surface area contributed by atoms with Gasteiger partial charge in [0.15, 0.2) is 6.23 Å². The van der Waals surface area contributed by atoms with Gasteiger partial charge in [-0.1, -0.05) is 43.9 Å². The van der Waals surface area contributed by atoms with E-state index in [9.17, 15) is 19.8 Å². The van der Waals surface area contributed by atoms with E-state index in [1.807, 2.05) is 38.1 Å². The van der Waals surface area contributed by atoms with Crippen LogP contribution in [0, 0.1) is 23.7 Å². The predicted octanol–water partition coefficient (Wildman–Crippen LogP) is 8.81. The van der Waals surface area contributed by atoms with E-state index in [1.165, 1.54) is 23.2 Å². The maximum absolute atomic E-state index is 12.9. The molecular formula is C54H76N8O6. The number of aliphatic carboxylic acids is 2. The summed E-state index contributed by atoms with van der Waals surface area (Å²) in [6.07, 6.45) is 23.4. The smallest absolute Gasteiger partial charge is 0.325 e. The number of carboxylic acid groups (broad SMARTS) is 2. The maximum atomic E-state index is 12.9. The Morgan fingerprint density at radius 1 is 0.809 bits per heavy atom. The number of fused-ring (bicyclic) bond motifs is 2. The average molecular weight is 933 g/mol. The largest absolute Gasteiger partial charge is 0.480 e. The van der Waals surface area contributed by atoms with Crippen LogP contribution in [0.1, 0.15) is 132 Å². The van der Waals surface area contributed by atoms with Crippen LogP contribution in [0.3, 0.4) is 0 Å². The zero-order valence-corrected chi connectivity index (χ0v) is 40.7. The number of aryl methyl sites for hydroxylation is 3. The molecule has 3 aromatic rings. The van der Waals surface area contributed by atoms with Crippen molar-refractivity contribution < 1.29 is 29.3 Å². The van der Waals surface area contributed by atoms with Gasteiger partial charge in [-0.3, -0.25) is 24.4 Å². The quantitative estimate of drug-likeness (QED) is 0.0628. The van der Waals surface area contributed by atoms with Crippen LogP contribution in [0.2, 0.25) is 0 Å². The molecule has 5 aliphatic heterocycles. The van der Waals surface area contributed by atoms with E-state index >= 15 is 0 Å². The molecule has 2 saturated heterocycles. The zero-order valence-electron chi connectivity index (χ0n) is 40.7. The molecule has 0 aromatic carbocycles. The highest BCUT2D eigenvalue weighted by Crippen LogP contribution is 2.36. The van der Waals surface area contributed by atoms with Gasteiger partial charge in [0.05, 0.1) is 18.1 Å². The predicted molar refractivity (Wildman–Crippen MR) is 267 cm³/mol. The number of nitrogens with one attached hydrogen (secondary N) is 2. The summed E-state index contributed by atoms with van der Waals surface area (Å²) >= 11 is 0. The molecule has 368 valence electrons. The van der Waals surface area contributed by atoms with Crippen molar-refractivity contribution in [3.05, 3.63) is 82.8 Å². The third-order valence-electron chi connectivity index (χ3n) is 14.9. The number of pyridine rings is 3. The first kappa shape index (κ1) is 49.5. The molecule has 0 saturated carbocycles. The van der Waals surface area contributed by atoms with E-state index in [4.69, 9.17) is 19.4 Å². The molecule has 0 radical (unpaired) electrons. The molecule has 8 rings (SSSR count). The normalized spacial score (nSPS) is 23.9. The number of allylic oxidation sites excluding steroid dienone is 1. The maximum Gasteiger partial charge on any atom is 0.325 e. The Kier molecular flexibility index (Phi) is 17.5. The van der Waals surface area contributed by atoms with Crippen molar-refractivity contribution in [3.8, 4) is 5.88 Å². The summed E-state index contributed by atoms with van der Waals surface area (Å²) < 4.78 is 12.5. The molecule has 0 amide bonds. The van der Waals surface area contributed by atoms with Crippen LogP contribution in [0.5, 0.6) is 5.88 Å². The summed E-state index contributed by atoms with van der Waals surface area (Å²) in [5.74, 6) is 1.82. The molecule has 14 heteroatoms. The summed E-state index contributed by atoms with van der Waals surface area (Å²) in [4.78, 5) is 48.6. The minimum atomic E-state index is -0.859. The van der Waals surface area contributed by atoms with E-state index in [2.05, 4.69) is 61.6 Å². The van der Waals surface area contributed by atoms with Crippen molar-refractivity contribution in [2.24, 2.45) is 28.7 Å². The van der Waals surface area contributed by atoms with Crippen molar-refractivity contribution in [1.29, 1.82) is 0 Å². The lowest BCUT2D eigenvalue weighted by Gasteiger charge is -2.34. The second-order valence-electron chi connectivity index (χ2n) is 20.5. The Balaban J connectivity index is 0.739. The van der Waals surface area contributed by atoms with Crippen molar-refractivity contribution in [3.63, 3.8) is 0 Å². The highest BCUT2D eigenvalue weighted by molar-refractivity contribution is 5.77. The topological polar surface area (TPSA) is 175 Å². The number of dihydropyridines is 1. The highest BCUT2D eigenvalue weighted by Gasteiger charge is 2.41. The second kappa shape index (κ2) is 24.1. The Labute approximate surface area is 403 Å². The average Bonchev–Trinajstić information content (AvgIpc) is 3.99. The molecule has 0 spiro atoms. The molecular weight excluding hydrogens is 857 g/mol. The number of aromatic nitrogens is 3. The van der Waals surface area contributed by atoms with E-state index < -0.39 is 30.3 Å². The second-order valence-corrected chi connectivity index (χ2v) is 20.5. The van der Waals surface area contributed by atoms with Gasteiger partial charge in [-0.05, 0) is 170 Å². The summed E-state index contributed by atoms with van der Waals surface area (Å²) in [6, 6.07) is 11.1. The summed E-state index contributed by atoms with van der Waals surface area (Å²) in [5.41, 5.74) is 5.46. The fourth-order valence-electron chi connectivity index (χ4n) is 11.4. The highest BCUT2D eigenvalue weighted by atomic mass is 16.5. The van der Waals surface area contributed by atoms with Crippen LogP contribution >= 0.6 is 0 Å². The van der Waals surface area contributed by atoms with Gasteiger partial charge in [0.2, 0.25) is 5.88 Å². The number of hydrogen-bond donors (Lipinski definition) is 4. The first-order valence-corrected chi connectivity index (χ1v) is 25.9. The summed E-state index contributed by atoms with van der Waals surface area (Å²) in [6.45, 7) is 10.9. The van der Waals surface area contributed by atoms with Gasteiger partial charge in [-0.2, -0.15) is 0 Å². The van der Waals surface area contributed by atoms with Gasteiger partial charge in [0.1, 0.15) is 23.7 Å². The van der Waals surface area contributed by atoms with Crippen molar-refractivity contribution in [2.45, 2.75) is 154 Å². The first-order chi connectivity index (χ1) is 33.1. The number of carboxylic acids is 2. The Bertz CT molecular complexity index is 2200. The third kappa shape index (κ3) is 13.2. The number of carbonyl (C=O) groups is 2. The lowest BCUT2D eigenvalue weighted by atomic mass is 9.91. The number of anilines is 2. The number of aliphatic imine (C=N–C) groups is 1. The number of likely N-dealkylation sites (tertiary alicyclic amines) is 2. The number of nitrogens with zero attached hydrogens (tertiary/aromatic N) is 6. The minimum absolute atomic E-state index is 0.0303. The zero-order chi connectivity index (χ0) is 47.4. The lowest BCUT2D eigenvalue weighted by Crippen LogP contribution is -2.49.